The highest BCUT2D eigenvalue weighted by Crippen LogP contribution is 2.18. The topological polar surface area (TPSA) is 73.8 Å². The molecule has 0 saturated carbocycles. The van der Waals surface area contributed by atoms with E-state index in [1.807, 2.05) is 0 Å². The van der Waals surface area contributed by atoms with Crippen LogP contribution in [0.3, 0.4) is 0 Å². The number of halogens is 1. The van der Waals surface area contributed by atoms with Gasteiger partial charge in [0.2, 0.25) is 0 Å². The Morgan fingerprint density at radius 3 is 2.75 bits per heavy atom. The lowest BCUT2D eigenvalue weighted by atomic mass is 10.2. The molecule has 0 aromatic carbocycles. The second-order valence-electron chi connectivity index (χ2n) is 3.19. The molecule has 0 bridgehead atoms. The van der Waals surface area contributed by atoms with Crippen LogP contribution in [-0.4, -0.2) is 19.7 Å². The lowest BCUT2D eigenvalue weighted by molar-refractivity contribution is -0.385. The summed E-state index contributed by atoms with van der Waals surface area (Å²) < 4.78 is 2.56. The molecule has 0 aliphatic rings. The summed E-state index contributed by atoms with van der Waals surface area (Å²) in [5.41, 5.74) is 0.589. The molecule has 0 saturated heterocycles. The zero-order valence-corrected chi connectivity index (χ0v) is 10.5. The first kappa shape index (κ1) is 11.0. The van der Waals surface area contributed by atoms with Gasteiger partial charge in [0.25, 0.3) is 5.69 Å². The summed E-state index contributed by atoms with van der Waals surface area (Å²) >= 11 is 2.13. The first-order valence-electron chi connectivity index (χ1n) is 4.39. The van der Waals surface area contributed by atoms with Gasteiger partial charge in [0.05, 0.1) is 14.7 Å². The van der Waals surface area contributed by atoms with Crippen LogP contribution in [0.1, 0.15) is 5.56 Å². The van der Waals surface area contributed by atoms with Crippen LogP contribution in [0.25, 0.3) is 5.82 Å². The van der Waals surface area contributed by atoms with Gasteiger partial charge in [-0.05, 0) is 35.6 Å². The zero-order valence-electron chi connectivity index (χ0n) is 8.29. The fourth-order valence-electron chi connectivity index (χ4n) is 1.28. The van der Waals surface area contributed by atoms with Crippen molar-refractivity contribution in [1.82, 2.24) is 14.8 Å². The van der Waals surface area contributed by atoms with Crippen LogP contribution >= 0.6 is 22.6 Å². The van der Waals surface area contributed by atoms with E-state index in [1.165, 1.54) is 6.20 Å². The molecule has 2 aromatic rings. The second-order valence-corrected chi connectivity index (χ2v) is 4.43. The SMILES string of the molecule is Cc1cc(-n2cc(I)cn2)ncc1[N+](=O)[O-]. The van der Waals surface area contributed by atoms with Gasteiger partial charge in [-0.15, -0.1) is 0 Å². The maximum atomic E-state index is 10.6. The van der Waals surface area contributed by atoms with Crippen LogP contribution in [0.2, 0.25) is 0 Å². The molecule has 82 valence electrons. The van der Waals surface area contributed by atoms with Gasteiger partial charge < -0.3 is 0 Å². The third-order valence-electron chi connectivity index (χ3n) is 2.05. The molecule has 2 heterocycles. The van der Waals surface area contributed by atoms with Gasteiger partial charge in [0.1, 0.15) is 6.20 Å². The Hall–Kier alpha value is -1.51. The maximum Gasteiger partial charge on any atom is 0.290 e. The van der Waals surface area contributed by atoms with E-state index < -0.39 is 4.92 Å². The molecule has 0 unspecified atom stereocenters. The quantitative estimate of drug-likeness (QED) is 0.480. The fourth-order valence-corrected chi connectivity index (χ4v) is 1.66. The normalized spacial score (nSPS) is 10.4. The smallest absolute Gasteiger partial charge is 0.258 e. The fraction of sp³-hybridized carbons (Fsp3) is 0.111. The first-order chi connectivity index (χ1) is 7.58. The van der Waals surface area contributed by atoms with Gasteiger partial charge in [-0.3, -0.25) is 10.1 Å². The van der Waals surface area contributed by atoms with Gasteiger partial charge in [-0.1, -0.05) is 0 Å². The van der Waals surface area contributed by atoms with Crippen molar-refractivity contribution in [3.63, 3.8) is 0 Å². The molecule has 2 aromatic heterocycles. The van der Waals surface area contributed by atoms with E-state index >= 15 is 0 Å². The summed E-state index contributed by atoms with van der Waals surface area (Å²) in [7, 11) is 0. The highest BCUT2D eigenvalue weighted by molar-refractivity contribution is 14.1. The van der Waals surface area contributed by atoms with Crippen molar-refractivity contribution in [3.05, 3.63) is 43.9 Å². The Kier molecular flexibility index (Phi) is 2.86. The minimum Gasteiger partial charge on any atom is -0.258 e. The number of hydrogen-bond donors (Lipinski definition) is 0. The van der Waals surface area contributed by atoms with E-state index in [4.69, 9.17) is 0 Å². The van der Waals surface area contributed by atoms with Crippen molar-refractivity contribution in [1.29, 1.82) is 0 Å². The van der Waals surface area contributed by atoms with Gasteiger partial charge in [0.15, 0.2) is 5.82 Å². The van der Waals surface area contributed by atoms with Crippen LogP contribution in [0.15, 0.2) is 24.7 Å². The summed E-state index contributed by atoms with van der Waals surface area (Å²) in [6, 6.07) is 1.64. The molecule has 0 atom stereocenters. The van der Waals surface area contributed by atoms with E-state index in [1.54, 1.807) is 30.1 Å². The lowest BCUT2D eigenvalue weighted by Crippen LogP contribution is -2.00. The molecule has 0 amide bonds. The summed E-state index contributed by atoms with van der Waals surface area (Å²) in [4.78, 5) is 14.2. The molecule has 0 aliphatic heterocycles. The standard InChI is InChI=1S/C9H7IN4O2/c1-6-2-9(11-4-8(6)14(15)16)13-5-7(10)3-12-13/h2-5H,1H3. The molecule has 7 heteroatoms. The Morgan fingerprint density at radius 1 is 1.50 bits per heavy atom. The van der Waals surface area contributed by atoms with Gasteiger partial charge >= 0.3 is 0 Å². The van der Waals surface area contributed by atoms with E-state index in [0.717, 1.165) is 3.57 Å². The average Bonchev–Trinajstić information content (AvgIpc) is 2.64. The Balaban J connectivity index is 2.45. The molecule has 2 rings (SSSR count). The van der Waals surface area contributed by atoms with Crippen molar-refractivity contribution >= 4 is 28.3 Å². The van der Waals surface area contributed by atoms with Crippen LogP contribution in [0.5, 0.6) is 0 Å². The van der Waals surface area contributed by atoms with Gasteiger partial charge in [0, 0.05) is 11.8 Å². The molecular formula is C9H7IN4O2. The monoisotopic (exact) mass is 330 g/mol. The zero-order chi connectivity index (χ0) is 11.7. The molecule has 16 heavy (non-hydrogen) atoms. The highest BCUT2D eigenvalue weighted by atomic mass is 127. The van der Waals surface area contributed by atoms with Crippen molar-refractivity contribution in [2.45, 2.75) is 6.92 Å². The second kappa shape index (κ2) is 4.16. The van der Waals surface area contributed by atoms with E-state index in [9.17, 15) is 10.1 Å². The number of rotatable bonds is 2. The number of pyridine rings is 1. The van der Waals surface area contributed by atoms with Crippen molar-refractivity contribution in [2.75, 3.05) is 0 Å². The number of hydrogen-bond acceptors (Lipinski definition) is 4. The average molecular weight is 330 g/mol. The summed E-state index contributed by atoms with van der Waals surface area (Å²) in [6.45, 7) is 1.68. The number of nitro groups is 1. The Labute approximate surface area is 105 Å². The summed E-state index contributed by atoms with van der Waals surface area (Å²) in [5, 5.41) is 14.7. The molecule has 0 radical (unpaired) electrons. The first-order valence-corrected chi connectivity index (χ1v) is 5.47. The molecule has 0 fully saturated rings. The van der Waals surface area contributed by atoms with E-state index in [-0.39, 0.29) is 5.69 Å². The van der Waals surface area contributed by atoms with E-state index in [2.05, 4.69) is 32.7 Å². The van der Waals surface area contributed by atoms with Gasteiger partial charge in [-0.25, -0.2) is 9.67 Å². The third kappa shape index (κ3) is 2.03. The summed E-state index contributed by atoms with van der Waals surface area (Å²) in [6.07, 6.45) is 4.74. The van der Waals surface area contributed by atoms with E-state index in [0.29, 0.717) is 11.4 Å². The predicted octanol–water partition coefficient (Wildman–Crippen LogP) is 2.09. The predicted molar refractivity (Wildman–Crippen MR) is 65.5 cm³/mol. The highest BCUT2D eigenvalue weighted by Gasteiger charge is 2.12. The Morgan fingerprint density at radius 2 is 2.25 bits per heavy atom. The van der Waals surface area contributed by atoms with Crippen LogP contribution in [-0.2, 0) is 0 Å². The Bertz CT molecular complexity index is 552. The largest absolute Gasteiger partial charge is 0.290 e. The van der Waals surface area contributed by atoms with Crippen molar-refractivity contribution in [3.8, 4) is 5.82 Å². The molecule has 0 N–H and O–H groups in total. The lowest BCUT2D eigenvalue weighted by Gasteiger charge is -2.01. The van der Waals surface area contributed by atoms with Crippen LogP contribution in [0.4, 0.5) is 5.69 Å². The maximum absolute atomic E-state index is 10.6. The minimum atomic E-state index is -0.445. The molecule has 6 nitrogen and oxygen atoms in total. The van der Waals surface area contributed by atoms with Crippen LogP contribution in [0, 0.1) is 20.6 Å². The number of aromatic nitrogens is 3. The molecule has 0 aliphatic carbocycles. The molecular weight excluding hydrogens is 323 g/mol. The van der Waals surface area contributed by atoms with Gasteiger partial charge in [-0.2, -0.15) is 5.10 Å². The van der Waals surface area contributed by atoms with Crippen molar-refractivity contribution < 1.29 is 4.92 Å². The van der Waals surface area contributed by atoms with Crippen molar-refractivity contribution in [2.24, 2.45) is 0 Å². The third-order valence-corrected chi connectivity index (χ3v) is 2.61. The minimum absolute atomic E-state index is 0.0191. The molecule has 0 spiro atoms. The van der Waals surface area contributed by atoms with Crippen LogP contribution < -0.4 is 0 Å². The number of nitrogens with zero attached hydrogens (tertiary/aromatic N) is 4. The number of aryl methyl sites for hydroxylation is 1. The summed E-state index contributed by atoms with van der Waals surface area (Å²) in [5.74, 6) is 0.575.